The van der Waals surface area contributed by atoms with Crippen LogP contribution in [0.1, 0.15) is 29.2 Å². The zero-order chi connectivity index (χ0) is 14.6. The molecule has 0 heterocycles. The lowest BCUT2D eigenvalue weighted by molar-refractivity contribution is -0.144. The summed E-state index contributed by atoms with van der Waals surface area (Å²) in [5.41, 5.74) is 2.87. The molecule has 106 valence electrons. The summed E-state index contributed by atoms with van der Waals surface area (Å²) in [6.45, 7) is 8.60. The first-order valence-corrected chi connectivity index (χ1v) is 6.38. The van der Waals surface area contributed by atoms with Crippen molar-refractivity contribution in [1.29, 1.82) is 0 Å². The van der Waals surface area contributed by atoms with Gasteiger partial charge in [-0.1, -0.05) is 17.7 Å². The Labute approximate surface area is 114 Å². The molecule has 4 heteroatoms. The first-order valence-electron chi connectivity index (χ1n) is 6.38. The molecular formula is C15H23NO3. The van der Waals surface area contributed by atoms with E-state index in [4.69, 9.17) is 4.74 Å². The molecule has 0 aromatic heterocycles. The monoisotopic (exact) mass is 265 g/mol. The number of hydrogen-bond donors (Lipinski definition) is 2. The third-order valence-electron chi connectivity index (χ3n) is 3.39. The van der Waals surface area contributed by atoms with Gasteiger partial charge in [-0.15, -0.1) is 0 Å². The molecule has 19 heavy (non-hydrogen) atoms. The molecule has 0 aliphatic rings. The van der Waals surface area contributed by atoms with E-state index < -0.39 is 11.5 Å². The second-order valence-corrected chi connectivity index (χ2v) is 5.12. The molecule has 2 N–H and O–H groups in total. The number of carboxylic acid groups (broad SMARTS) is 1. The maximum Gasteiger partial charge on any atom is 0.328 e. The number of rotatable bonds is 6. The van der Waals surface area contributed by atoms with E-state index in [-0.39, 0.29) is 0 Å². The summed E-state index contributed by atoms with van der Waals surface area (Å²) in [5.74, 6) is -0.876. The van der Waals surface area contributed by atoms with Crippen molar-refractivity contribution >= 4 is 5.97 Å². The lowest BCUT2D eigenvalue weighted by atomic mass is 9.84. The lowest BCUT2D eigenvalue weighted by Crippen LogP contribution is -2.48. The van der Waals surface area contributed by atoms with E-state index in [0.29, 0.717) is 13.2 Å². The fraction of sp³-hybridized carbons (Fsp3) is 0.533. The van der Waals surface area contributed by atoms with Gasteiger partial charge in [-0.3, -0.25) is 5.32 Å². The highest BCUT2D eigenvalue weighted by Crippen LogP contribution is 2.29. The van der Waals surface area contributed by atoms with E-state index >= 15 is 0 Å². The van der Waals surface area contributed by atoms with E-state index in [1.54, 1.807) is 14.0 Å². The van der Waals surface area contributed by atoms with Crippen LogP contribution < -0.4 is 5.32 Å². The zero-order valence-electron chi connectivity index (χ0n) is 12.3. The van der Waals surface area contributed by atoms with Gasteiger partial charge in [0.05, 0.1) is 6.61 Å². The van der Waals surface area contributed by atoms with Gasteiger partial charge in [0.15, 0.2) is 0 Å². The molecule has 0 radical (unpaired) electrons. The summed E-state index contributed by atoms with van der Waals surface area (Å²) in [5, 5.41) is 12.7. The highest BCUT2D eigenvalue weighted by Gasteiger charge is 2.37. The van der Waals surface area contributed by atoms with Gasteiger partial charge < -0.3 is 9.84 Å². The Kier molecular flexibility index (Phi) is 5.09. The van der Waals surface area contributed by atoms with Crippen LogP contribution in [0.15, 0.2) is 12.1 Å². The molecule has 0 aliphatic carbocycles. The van der Waals surface area contributed by atoms with Crippen molar-refractivity contribution in [3.05, 3.63) is 34.4 Å². The highest BCUT2D eigenvalue weighted by molar-refractivity contribution is 5.81. The number of benzene rings is 1. The lowest BCUT2D eigenvalue weighted by Gasteiger charge is -2.30. The molecule has 0 spiro atoms. The maximum absolute atomic E-state index is 11.7. The van der Waals surface area contributed by atoms with Crippen LogP contribution in [0.25, 0.3) is 0 Å². The van der Waals surface area contributed by atoms with Gasteiger partial charge in [0.25, 0.3) is 0 Å². The Morgan fingerprint density at radius 2 is 1.84 bits per heavy atom. The van der Waals surface area contributed by atoms with Crippen molar-refractivity contribution < 1.29 is 14.6 Å². The van der Waals surface area contributed by atoms with Crippen LogP contribution in [-0.4, -0.2) is 31.3 Å². The molecule has 0 amide bonds. The Bertz CT molecular complexity index is 447. The van der Waals surface area contributed by atoms with Crippen molar-refractivity contribution in [3.8, 4) is 0 Å². The first kappa shape index (κ1) is 15.7. The van der Waals surface area contributed by atoms with E-state index in [2.05, 4.69) is 5.32 Å². The van der Waals surface area contributed by atoms with Crippen LogP contribution in [0.4, 0.5) is 0 Å². The molecule has 1 atom stereocenters. The number of carbonyl (C=O) groups is 1. The number of hydrogen-bond acceptors (Lipinski definition) is 3. The van der Waals surface area contributed by atoms with Gasteiger partial charge >= 0.3 is 5.97 Å². The Morgan fingerprint density at radius 3 is 2.26 bits per heavy atom. The fourth-order valence-corrected chi connectivity index (χ4v) is 2.64. The van der Waals surface area contributed by atoms with Crippen LogP contribution in [0.5, 0.6) is 0 Å². The molecule has 0 saturated heterocycles. The van der Waals surface area contributed by atoms with Crippen LogP contribution in [0.2, 0.25) is 0 Å². The molecule has 0 bridgehead atoms. The normalized spacial score (nSPS) is 14.2. The third kappa shape index (κ3) is 3.33. The number of nitrogens with one attached hydrogen (secondary N) is 1. The van der Waals surface area contributed by atoms with Crippen molar-refractivity contribution in [2.45, 2.75) is 33.2 Å². The van der Waals surface area contributed by atoms with Gasteiger partial charge in [-0.05, 0) is 44.4 Å². The van der Waals surface area contributed by atoms with Crippen molar-refractivity contribution in [1.82, 2.24) is 5.32 Å². The molecule has 0 saturated carbocycles. The van der Waals surface area contributed by atoms with E-state index in [1.165, 1.54) is 0 Å². The molecule has 1 aromatic rings. The second-order valence-electron chi connectivity index (χ2n) is 5.12. The summed E-state index contributed by atoms with van der Waals surface area (Å²) in [6.07, 6.45) is 0. The van der Waals surface area contributed by atoms with Crippen molar-refractivity contribution in [2.24, 2.45) is 0 Å². The fourth-order valence-electron chi connectivity index (χ4n) is 2.64. The van der Waals surface area contributed by atoms with Crippen LogP contribution in [0.3, 0.4) is 0 Å². The minimum Gasteiger partial charge on any atom is -0.480 e. The third-order valence-corrected chi connectivity index (χ3v) is 3.39. The summed E-state index contributed by atoms with van der Waals surface area (Å²) < 4.78 is 4.98. The average Bonchev–Trinajstić information content (AvgIpc) is 2.27. The van der Waals surface area contributed by atoms with Crippen molar-refractivity contribution in [2.75, 3.05) is 20.3 Å². The largest absolute Gasteiger partial charge is 0.480 e. The van der Waals surface area contributed by atoms with Gasteiger partial charge in [0.1, 0.15) is 5.54 Å². The summed E-state index contributed by atoms with van der Waals surface area (Å²) in [4.78, 5) is 11.7. The zero-order valence-corrected chi connectivity index (χ0v) is 12.3. The predicted molar refractivity (Wildman–Crippen MR) is 75.5 cm³/mol. The SMILES string of the molecule is COCCNC(C)(C(=O)O)c1c(C)cc(C)cc1C. The summed E-state index contributed by atoms with van der Waals surface area (Å²) in [6, 6.07) is 4.03. The van der Waals surface area contributed by atoms with E-state index in [9.17, 15) is 9.90 Å². The predicted octanol–water partition coefficient (Wildman–Crippen LogP) is 2.15. The van der Waals surface area contributed by atoms with Gasteiger partial charge in [-0.25, -0.2) is 4.79 Å². The Hall–Kier alpha value is -1.39. The van der Waals surface area contributed by atoms with Crippen LogP contribution in [0, 0.1) is 20.8 Å². The topological polar surface area (TPSA) is 58.6 Å². The minimum atomic E-state index is -1.10. The second kappa shape index (κ2) is 6.17. The maximum atomic E-state index is 11.7. The highest BCUT2D eigenvalue weighted by atomic mass is 16.5. The smallest absolute Gasteiger partial charge is 0.328 e. The molecule has 4 nitrogen and oxygen atoms in total. The van der Waals surface area contributed by atoms with Crippen LogP contribution in [-0.2, 0) is 15.1 Å². The number of ether oxygens (including phenoxy) is 1. The summed E-state index contributed by atoms with van der Waals surface area (Å²) >= 11 is 0. The van der Waals surface area contributed by atoms with E-state index in [1.807, 2.05) is 32.9 Å². The Balaban J connectivity index is 3.23. The number of methoxy groups -OCH3 is 1. The van der Waals surface area contributed by atoms with Crippen molar-refractivity contribution in [3.63, 3.8) is 0 Å². The summed E-state index contributed by atoms with van der Waals surface area (Å²) in [7, 11) is 1.60. The number of carboxylic acids is 1. The minimum absolute atomic E-state index is 0.479. The van der Waals surface area contributed by atoms with Gasteiger partial charge in [0.2, 0.25) is 0 Å². The van der Waals surface area contributed by atoms with Gasteiger partial charge in [-0.2, -0.15) is 0 Å². The molecular weight excluding hydrogens is 242 g/mol. The number of aliphatic carboxylic acids is 1. The standard InChI is InChI=1S/C15H23NO3/c1-10-8-11(2)13(12(3)9-10)15(4,14(17)18)16-6-7-19-5/h8-9,16H,6-7H2,1-5H3,(H,17,18). The molecule has 1 unspecified atom stereocenters. The molecule has 1 rings (SSSR count). The first-order chi connectivity index (χ1) is 8.82. The quantitative estimate of drug-likeness (QED) is 0.774. The molecule has 1 aromatic carbocycles. The molecule has 0 aliphatic heterocycles. The van der Waals surface area contributed by atoms with Gasteiger partial charge in [0, 0.05) is 13.7 Å². The average molecular weight is 265 g/mol. The van der Waals surface area contributed by atoms with Crippen LogP contribution >= 0.6 is 0 Å². The number of aryl methyl sites for hydroxylation is 3. The Morgan fingerprint density at radius 1 is 1.32 bits per heavy atom. The van der Waals surface area contributed by atoms with E-state index in [0.717, 1.165) is 22.3 Å². The molecule has 0 fully saturated rings.